The number of carbonyl (C=O) groups is 3. The highest BCUT2D eigenvalue weighted by molar-refractivity contribution is 6.06. The monoisotopic (exact) mass is 388 g/mol. The number of urea groups is 1. The number of likely N-dealkylation sites (tertiary alicyclic amines) is 1. The van der Waals surface area contributed by atoms with Gasteiger partial charge in [0.1, 0.15) is 5.54 Å². The molecule has 4 heterocycles. The molecule has 4 amide bonds. The standard InChI is InChI=1S/C21H32N4O3/c1-14(2)7-8-20(13-15-5-6-16(20)22-15)17(26)25-11-9-21(10-12-25)18(27)23(3)19(28)24(21)4/h7,15-16,22H,5-6,8-13H2,1-4H3/t15-,16+,20+/m0/s1. The molecule has 28 heavy (non-hydrogen) atoms. The van der Waals surface area contributed by atoms with Gasteiger partial charge in [0.25, 0.3) is 5.91 Å². The fourth-order valence-electron chi connectivity index (χ4n) is 5.83. The van der Waals surface area contributed by atoms with Crippen molar-refractivity contribution in [3.05, 3.63) is 11.6 Å². The zero-order valence-corrected chi connectivity index (χ0v) is 17.5. The Bertz CT molecular complexity index is 736. The molecule has 1 N–H and O–H groups in total. The number of amides is 4. The minimum absolute atomic E-state index is 0.132. The minimum atomic E-state index is -0.775. The molecular weight excluding hydrogens is 356 g/mol. The second kappa shape index (κ2) is 6.58. The Morgan fingerprint density at radius 2 is 1.86 bits per heavy atom. The zero-order chi connectivity index (χ0) is 20.3. The van der Waals surface area contributed by atoms with Crippen molar-refractivity contribution in [3.8, 4) is 0 Å². The SMILES string of the molecule is CC(C)=CC[C@@]1(C(=O)N2CCC3(CC2)C(=O)N(C)C(=O)N3C)C[C@@H]2CC[C@H]1N2. The summed E-state index contributed by atoms with van der Waals surface area (Å²) in [6, 6.07) is 0.451. The lowest BCUT2D eigenvalue weighted by atomic mass is 9.69. The van der Waals surface area contributed by atoms with Crippen molar-refractivity contribution in [2.45, 2.75) is 70.0 Å². The number of fused-ring (bicyclic) bond motifs is 2. The van der Waals surface area contributed by atoms with E-state index in [9.17, 15) is 14.4 Å². The molecule has 4 rings (SSSR count). The maximum atomic E-state index is 13.7. The van der Waals surface area contributed by atoms with Crippen molar-refractivity contribution in [1.82, 2.24) is 20.0 Å². The van der Waals surface area contributed by atoms with E-state index in [2.05, 4.69) is 25.2 Å². The number of likely N-dealkylation sites (N-methyl/N-ethyl adjacent to an activating group) is 2. The molecule has 0 aromatic carbocycles. The number of allylic oxidation sites excluding steroid dienone is 2. The Kier molecular flexibility index (Phi) is 4.56. The van der Waals surface area contributed by atoms with Gasteiger partial charge in [-0.25, -0.2) is 4.79 Å². The number of rotatable bonds is 3. The fraction of sp³-hybridized carbons (Fsp3) is 0.762. The third-order valence-corrected chi connectivity index (χ3v) is 7.62. The minimum Gasteiger partial charge on any atom is -0.342 e. The molecule has 3 atom stereocenters. The Hall–Kier alpha value is -1.89. The predicted molar refractivity (Wildman–Crippen MR) is 106 cm³/mol. The van der Waals surface area contributed by atoms with Crippen LogP contribution in [-0.2, 0) is 9.59 Å². The molecule has 4 aliphatic heterocycles. The van der Waals surface area contributed by atoms with E-state index in [4.69, 9.17) is 0 Å². The lowest BCUT2D eigenvalue weighted by molar-refractivity contribution is -0.148. The zero-order valence-electron chi connectivity index (χ0n) is 17.5. The fourth-order valence-corrected chi connectivity index (χ4v) is 5.83. The van der Waals surface area contributed by atoms with Crippen LogP contribution < -0.4 is 5.32 Å². The number of hydrogen-bond donors (Lipinski definition) is 1. The summed E-state index contributed by atoms with van der Waals surface area (Å²) in [5.74, 6) is 0.0975. The molecule has 0 saturated carbocycles. The van der Waals surface area contributed by atoms with Crippen LogP contribution in [0.15, 0.2) is 11.6 Å². The first kappa shape index (κ1) is 19.4. The van der Waals surface area contributed by atoms with Crippen molar-refractivity contribution in [2.75, 3.05) is 27.2 Å². The molecule has 4 saturated heterocycles. The van der Waals surface area contributed by atoms with Crippen molar-refractivity contribution in [2.24, 2.45) is 5.41 Å². The van der Waals surface area contributed by atoms with Crippen LogP contribution >= 0.6 is 0 Å². The topological polar surface area (TPSA) is 73.0 Å². The van der Waals surface area contributed by atoms with Crippen molar-refractivity contribution in [3.63, 3.8) is 0 Å². The molecule has 0 unspecified atom stereocenters. The Morgan fingerprint density at radius 3 is 2.32 bits per heavy atom. The average molecular weight is 389 g/mol. The summed E-state index contributed by atoms with van der Waals surface area (Å²) in [5.41, 5.74) is 0.109. The summed E-state index contributed by atoms with van der Waals surface area (Å²) in [4.78, 5) is 43.4. The Morgan fingerprint density at radius 1 is 1.18 bits per heavy atom. The molecular formula is C21H32N4O3. The molecule has 4 fully saturated rings. The number of piperidine rings is 1. The van der Waals surface area contributed by atoms with Gasteiger partial charge in [-0.1, -0.05) is 11.6 Å². The van der Waals surface area contributed by atoms with Gasteiger partial charge in [0.2, 0.25) is 5.91 Å². The summed E-state index contributed by atoms with van der Waals surface area (Å²) in [5, 5.41) is 3.65. The van der Waals surface area contributed by atoms with Gasteiger partial charge in [-0.3, -0.25) is 14.5 Å². The molecule has 0 radical (unpaired) electrons. The predicted octanol–water partition coefficient (Wildman–Crippen LogP) is 1.74. The van der Waals surface area contributed by atoms with Crippen LogP contribution in [0.5, 0.6) is 0 Å². The third kappa shape index (κ3) is 2.62. The van der Waals surface area contributed by atoms with E-state index < -0.39 is 5.54 Å². The van der Waals surface area contributed by atoms with E-state index in [1.165, 1.54) is 10.5 Å². The number of nitrogens with zero attached hydrogens (tertiary/aromatic N) is 3. The molecule has 2 bridgehead atoms. The molecule has 0 aromatic heterocycles. The van der Waals surface area contributed by atoms with E-state index in [1.807, 2.05) is 4.90 Å². The van der Waals surface area contributed by atoms with E-state index >= 15 is 0 Å². The first-order valence-electron chi connectivity index (χ1n) is 10.5. The van der Waals surface area contributed by atoms with E-state index in [0.717, 1.165) is 25.7 Å². The van der Waals surface area contributed by atoms with Crippen LogP contribution in [0.4, 0.5) is 4.79 Å². The van der Waals surface area contributed by atoms with Crippen LogP contribution in [-0.4, -0.2) is 77.4 Å². The molecule has 7 nitrogen and oxygen atoms in total. The summed E-state index contributed by atoms with van der Waals surface area (Å²) < 4.78 is 0. The maximum Gasteiger partial charge on any atom is 0.327 e. The van der Waals surface area contributed by atoms with Gasteiger partial charge >= 0.3 is 6.03 Å². The first-order valence-corrected chi connectivity index (χ1v) is 10.5. The van der Waals surface area contributed by atoms with Crippen LogP contribution in [0.2, 0.25) is 0 Å². The van der Waals surface area contributed by atoms with Gasteiger partial charge in [0, 0.05) is 39.3 Å². The normalized spacial score (nSPS) is 33.9. The molecule has 7 heteroatoms. The molecule has 154 valence electrons. The Balaban J connectivity index is 1.52. The van der Waals surface area contributed by atoms with Gasteiger partial charge in [0.05, 0.1) is 5.41 Å². The van der Waals surface area contributed by atoms with Gasteiger partial charge in [-0.2, -0.15) is 0 Å². The lowest BCUT2D eigenvalue weighted by Gasteiger charge is -2.45. The second-order valence-electron chi connectivity index (χ2n) is 9.37. The highest BCUT2D eigenvalue weighted by atomic mass is 16.2. The van der Waals surface area contributed by atoms with E-state index in [1.54, 1.807) is 19.0 Å². The quantitative estimate of drug-likeness (QED) is 0.590. The number of hydrogen-bond acceptors (Lipinski definition) is 4. The average Bonchev–Trinajstić information content (AvgIpc) is 3.34. The smallest absolute Gasteiger partial charge is 0.327 e. The van der Waals surface area contributed by atoms with Crippen molar-refractivity contribution >= 4 is 17.8 Å². The molecule has 1 spiro atoms. The first-order chi connectivity index (χ1) is 13.2. The molecule has 0 aromatic rings. The largest absolute Gasteiger partial charge is 0.342 e. The lowest BCUT2D eigenvalue weighted by Crippen LogP contribution is -2.59. The molecule has 0 aliphatic carbocycles. The summed E-state index contributed by atoms with van der Waals surface area (Å²) in [7, 11) is 3.25. The van der Waals surface area contributed by atoms with Gasteiger partial charge in [-0.05, 0) is 52.4 Å². The highest BCUT2D eigenvalue weighted by Gasteiger charge is 2.59. The summed E-state index contributed by atoms with van der Waals surface area (Å²) >= 11 is 0. The maximum absolute atomic E-state index is 13.7. The second-order valence-corrected chi connectivity index (χ2v) is 9.37. The number of carbonyl (C=O) groups excluding carboxylic acids is 3. The van der Waals surface area contributed by atoms with Gasteiger partial charge in [0.15, 0.2) is 0 Å². The van der Waals surface area contributed by atoms with Crippen LogP contribution in [0.3, 0.4) is 0 Å². The van der Waals surface area contributed by atoms with Crippen LogP contribution in [0.1, 0.15) is 52.4 Å². The van der Waals surface area contributed by atoms with Gasteiger partial charge in [-0.15, -0.1) is 0 Å². The summed E-state index contributed by atoms with van der Waals surface area (Å²) in [6.45, 7) is 5.23. The number of imide groups is 1. The van der Waals surface area contributed by atoms with Crippen molar-refractivity contribution in [1.29, 1.82) is 0 Å². The molecule has 4 aliphatic rings. The van der Waals surface area contributed by atoms with E-state index in [-0.39, 0.29) is 29.3 Å². The van der Waals surface area contributed by atoms with Gasteiger partial charge < -0.3 is 15.1 Å². The van der Waals surface area contributed by atoms with Crippen LogP contribution in [0.25, 0.3) is 0 Å². The van der Waals surface area contributed by atoms with Crippen molar-refractivity contribution < 1.29 is 14.4 Å². The van der Waals surface area contributed by atoms with E-state index in [0.29, 0.717) is 32.0 Å². The summed E-state index contributed by atoms with van der Waals surface area (Å²) in [6.07, 6.45) is 7.14. The number of nitrogens with one attached hydrogen (secondary N) is 1. The highest BCUT2D eigenvalue weighted by Crippen LogP contribution is 2.48. The Labute approximate surface area is 167 Å². The third-order valence-electron chi connectivity index (χ3n) is 7.62. The van der Waals surface area contributed by atoms with Crippen LogP contribution in [0, 0.1) is 5.41 Å².